The van der Waals surface area contributed by atoms with Crippen LogP contribution in [0, 0.1) is 13.8 Å². The number of nitrogens with two attached hydrogens (primary N) is 1. The predicted octanol–water partition coefficient (Wildman–Crippen LogP) is 3.44. The Kier molecular flexibility index (Phi) is 3.31. The molecular formula is C12H13Cl2N3. The number of hydrogen-bond acceptors (Lipinski definition) is 2. The third-order valence-corrected chi connectivity index (χ3v) is 3.50. The van der Waals surface area contributed by atoms with Gasteiger partial charge in [-0.05, 0) is 37.6 Å². The van der Waals surface area contributed by atoms with Crippen molar-refractivity contribution in [2.75, 3.05) is 5.73 Å². The van der Waals surface area contributed by atoms with Crippen molar-refractivity contribution in [3.05, 3.63) is 45.2 Å². The highest BCUT2D eigenvalue weighted by molar-refractivity contribution is 6.31. The fourth-order valence-corrected chi connectivity index (χ4v) is 2.03. The second-order valence-corrected chi connectivity index (χ2v) is 4.80. The number of nitrogens with zero attached hydrogens (tertiary/aromatic N) is 2. The maximum Gasteiger partial charge on any atom is 0.0844 e. The summed E-state index contributed by atoms with van der Waals surface area (Å²) in [5.41, 5.74) is 9.31. The highest BCUT2D eigenvalue weighted by atomic mass is 35.5. The summed E-state index contributed by atoms with van der Waals surface area (Å²) in [7, 11) is 0. The molecule has 0 saturated carbocycles. The van der Waals surface area contributed by atoms with Crippen molar-refractivity contribution in [1.82, 2.24) is 9.78 Å². The molecule has 0 aliphatic carbocycles. The number of aromatic nitrogens is 2. The molecule has 0 atom stereocenters. The van der Waals surface area contributed by atoms with Crippen LogP contribution in [0.3, 0.4) is 0 Å². The molecule has 0 radical (unpaired) electrons. The van der Waals surface area contributed by atoms with E-state index in [9.17, 15) is 0 Å². The van der Waals surface area contributed by atoms with E-state index in [0.717, 1.165) is 17.0 Å². The van der Waals surface area contributed by atoms with E-state index in [-0.39, 0.29) is 0 Å². The van der Waals surface area contributed by atoms with E-state index in [2.05, 4.69) is 5.10 Å². The summed E-state index contributed by atoms with van der Waals surface area (Å²) in [5, 5.41) is 5.73. The Morgan fingerprint density at radius 2 is 2.00 bits per heavy atom. The minimum absolute atomic E-state index is 0.575. The average molecular weight is 270 g/mol. The van der Waals surface area contributed by atoms with Crippen molar-refractivity contribution in [2.24, 2.45) is 0 Å². The van der Waals surface area contributed by atoms with Gasteiger partial charge in [-0.3, -0.25) is 4.68 Å². The standard InChI is InChI=1S/C12H13Cl2N3/c1-7-12(14)8(2)17(16-7)6-9-5-10(13)3-4-11(9)15/h3-5H,6,15H2,1-2H3. The smallest absolute Gasteiger partial charge is 0.0844 e. The van der Waals surface area contributed by atoms with Crippen molar-refractivity contribution < 1.29 is 0 Å². The van der Waals surface area contributed by atoms with Gasteiger partial charge in [0, 0.05) is 10.7 Å². The van der Waals surface area contributed by atoms with Crippen LogP contribution in [0.2, 0.25) is 10.0 Å². The van der Waals surface area contributed by atoms with Crippen molar-refractivity contribution in [3.63, 3.8) is 0 Å². The Labute approximate surface area is 110 Å². The van der Waals surface area contributed by atoms with Crippen LogP contribution in [0.5, 0.6) is 0 Å². The summed E-state index contributed by atoms with van der Waals surface area (Å²) in [5.74, 6) is 0. The summed E-state index contributed by atoms with van der Waals surface area (Å²) in [6, 6.07) is 5.42. The van der Waals surface area contributed by atoms with E-state index in [0.29, 0.717) is 22.3 Å². The lowest BCUT2D eigenvalue weighted by Crippen LogP contribution is -2.06. The molecule has 1 heterocycles. The van der Waals surface area contributed by atoms with Crippen LogP contribution in [-0.2, 0) is 6.54 Å². The highest BCUT2D eigenvalue weighted by Crippen LogP contribution is 2.23. The fourth-order valence-electron chi connectivity index (χ4n) is 1.70. The zero-order valence-corrected chi connectivity index (χ0v) is 11.2. The monoisotopic (exact) mass is 269 g/mol. The quantitative estimate of drug-likeness (QED) is 0.849. The SMILES string of the molecule is Cc1nn(Cc2cc(Cl)ccc2N)c(C)c1Cl. The number of hydrogen-bond donors (Lipinski definition) is 1. The van der Waals surface area contributed by atoms with Gasteiger partial charge in [0.15, 0.2) is 0 Å². The maximum atomic E-state index is 6.10. The van der Waals surface area contributed by atoms with Gasteiger partial charge in [0.2, 0.25) is 0 Å². The van der Waals surface area contributed by atoms with Crippen LogP contribution in [0.1, 0.15) is 17.0 Å². The maximum absolute atomic E-state index is 6.10. The van der Waals surface area contributed by atoms with Gasteiger partial charge in [0.25, 0.3) is 0 Å². The fraction of sp³-hybridized carbons (Fsp3) is 0.250. The Morgan fingerprint density at radius 3 is 2.59 bits per heavy atom. The van der Waals surface area contributed by atoms with Gasteiger partial charge in [-0.15, -0.1) is 0 Å². The van der Waals surface area contributed by atoms with Gasteiger partial charge in [0.1, 0.15) is 0 Å². The molecule has 2 N–H and O–H groups in total. The number of aryl methyl sites for hydroxylation is 1. The third-order valence-electron chi connectivity index (χ3n) is 2.72. The number of rotatable bonds is 2. The first-order valence-corrected chi connectivity index (χ1v) is 5.98. The van der Waals surface area contributed by atoms with Crippen molar-refractivity contribution in [3.8, 4) is 0 Å². The summed E-state index contributed by atoms with van der Waals surface area (Å²) >= 11 is 12.0. The predicted molar refractivity (Wildman–Crippen MR) is 71.7 cm³/mol. The Balaban J connectivity index is 2.37. The van der Waals surface area contributed by atoms with Crippen LogP contribution >= 0.6 is 23.2 Å². The summed E-state index contributed by atoms with van der Waals surface area (Å²) in [6.07, 6.45) is 0. The van der Waals surface area contributed by atoms with Gasteiger partial charge >= 0.3 is 0 Å². The van der Waals surface area contributed by atoms with Gasteiger partial charge < -0.3 is 5.73 Å². The molecule has 2 aromatic rings. The molecule has 3 nitrogen and oxygen atoms in total. The second kappa shape index (κ2) is 4.59. The molecule has 90 valence electrons. The van der Waals surface area contributed by atoms with Crippen molar-refractivity contribution in [1.29, 1.82) is 0 Å². The minimum atomic E-state index is 0.575. The van der Waals surface area contributed by atoms with E-state index in [4.69, 9.17) is 28.9 Å². The Hall–Kier alpha value is -1.19. The lowest BCUT2D eigenvalue weighted by Gasteiger charge is -2.08. The molecule has 0 fully saturated rings. The van der Waals surface area contributed by atoms with Crippen molar-refractivity contribution >= 4 is 28.9 Å². The van der Waals surface area contributed by atoms with Crippen molar-refractivity contribution in [2.45, 2.75) is 20.4 Å². The van der Waals surface area contributed by atoms with E-state index < -0.39 is 0 Å². The summed E-state index contributed by atoms with van der Waals surface area (Å²) in [4.78, 5) is 0. The molecule has 0 bridgehead atoms. The van der Waals surface area contributed by atoms with E-state index in [1.807, 2.05) is 24.6 Å². The molecule has 0 saturated heterocycles. The van der Waals surface area contributed by atoms with Crippen LogP contribution in [0.4, 0.5) is 5.69 Å². The summed E-state index contributed by atoms with van der Waals surface area (Å²) in [6.45, 7) is 4.39. The lowest BCUT2D eigenvalue weighted by atomic mass is 10.2. The zero-order valence-electron chi connectivity index (χ0n) is 9.67. The topological polar surface area (TPSA) is 43.8 Å². The Morgan fingerprint density at radius 1 is 1.29 bits per heavy atom. The lowest BCUT2D eigenvalue weighted by molar-refractivity contribution is 0.660. The molecule has 1 aromatic heterocycles. The van der Waals surface area contributed by atoms with E-state index in [1.54, 1.807) is 12.1 Å². The van der Waals surface area contributed by atoms with Gasteiger partial charge in [-0.1, -0.05) is 23.2 Å². The van der Waals surface area contributed by atoms with Crippen LogP contribution in [0.15, 0.2) is 18.2 Å². The number of anilines is 1. The molecule has 2 rings (SSSR count). The van der Waals surface area contributed by atoms with Gasteiger partial charge in [-0.2, -0.15) is 5.10 Å². The normalized spacial score (nSPS) is 10.8. The molecule has 5 heteroatoms. The molecule has 0 unspecified atom stereocenters. The second-order valence-electron chi connectivity index (χ2n) is 3.99. The largest absolute Gasteiger partial charge is 0.398 e. The number of halogens is 2. The van der Waals surface area contributed by atoms with Gasteiger partial charge in [0.05, 0.1) is 23.0 Å². The first-order valence-electron chi connectivity index (χ1n) is 5.22. The van der Waals surface area contributed by atoms with E-state index in [1.165, 1.54) is 0 Å². The molecule has 0 spiro atoms. The van der Waals surface area contributed by atoms with Crippen LogP contribution in [-0.4, -0.2) is 9.78 Å². The van der Waals surface area contributed by atoms with Crippen LogP contribution < -0.4 is 5.73 Å². The first kappa shape index (κ1) is 12.3. The molecule has 0 aliphatic heterocycles. The Bertz CT molecular complexity index is 561. The molecule has 0 aliphatic rings. The molecule has 17 heavy (non-hydrogen) atoms. The van der Waals surface area contributed by atoms with Gasteiger partial charge in [-0.25, -0.2) is 0 Å². The highest BCUT2D eigenvalue weighted by Gasteiger charge is 2.10. The summed E-state index contributed by atoms with van der Waals surface area (Å²) < 4.78 is 1.83. The van der Waals surface area contributed by atoms with E-state index >= 15 is 0 Å². The van der Waals surface area contributed by atoms with Crippen LogP contribution in [0.25, 0.3) is 0 Å². The first-order chi connectivity index (χ1) is 7.99. The molecule has 0 amide bonds. The number of benzene rings is 1. The third kappa shape index (κ3) is 2.40. The number of nitrogen functional groups attached to an aromatic ring is 1. The zero-order chi connectivity index (χ0) is 12.6. The molecule has 1 aromatic carbocycles. The molecular weight excluding hydrogens is 257 g/mol. The minimum Gasteiger partial charge on any atom is -0.398 e. The average Bonchev–Trinajstić information content (AvgIpc) is 2.52.